The summed E-state index contributed by atoms with van der Waals surface area (Å²) >= 11 is 0. The number of benzene rings is 1. The highest BCUT2D eigenvalue weighted by Crippen LogP contribution is 2.25. The molecular weight excluding hydrogens is 445 g/mol. The van der Waals surface area contributed by atoms with Crippen molar-refractivity contribution in [2.24, 2.45) is 4.99 Å². The molecule has 1 aliphatic rings. The van der Waals surface area contributed by atoms with Crippen LogP contribution in [0.3, 0.4) is 0 Å². The highest BCUT2D eigenvalue weighted by atomic mass is 127. The van der Waals surface area contributed by atoms with E-state index in [1.54, 1.807) is 21.3 Å². The second kappa shape index (κ2) is 12.0. The second-order valence-corrected chi connectivity index (χ2v) is 5.95. The molecule has 0 unspecified atom stereocenters. The van der Waals surface area contributed by atoms with Crippen molar-refractivity contribution in [1.29, 1.82) is 0 Å². The summed E-state index contributed by atoms with van der Waals surface area (Å²) in [6.07, 6.45) is 4.22. The SMILES string of the molecule is CN=C(NCCC1=CCOCC1)N(C)Cc1ccc(OC)cc1OC.I. The van der Waals surface area contributed by atoms with Crippen LogP contribution in [0.15, 0.2) is 34.8 Å². The summed E-state index contributed by atoms with van der Waals surface area (Å²) in [6, 6.07) is 5.87. The molecular formula is C19H30IN3O3. The van der Waals surface area contributed by atoms with E-state index >= 15 is 0 Å². The molecule has 6 nitrogen and oxygen atoms in total. The molecule has 7 heteroatoms. The summed E-state index contributed by atoms with van der Waals surface area (Å²) in [4.78, 5) is 6.46. The lowest BCUT2D eigenvalue weighted by molar-refractivity contribution is 0.153. The molecule has 0 amide bonds. The lowest BCUT2D eigenvalue weighted by Gasteiger charge is -2.23. The van der Waals surface area contributed by atoms with Crippen molar-refractivity contribution in [2.75, 3.05) is 48.1 Å². The van der Waals surface area contributed by atoms with Crippen LogP contribution in [0.25, 0.3) is 0 Å². The molecule has 1 aromatic carbocycles. The summed E-state index contributed by atoms with van der Waals surface area (Å²) in [7, 11) is 7.15. The van der Waals surface area contributed by atoms with Crippen molar-refractivity contribution in [3.63, 3.8) is 0 Å². The van der Waals surface area contributed by atoms with Gasteiger partial charge in [0.05, 0.1) is 27.4 Å². The van der Waals surface area contributed by atoms with Crippen LogP contribution in [0.1, 0.15) is 18.4 Å². The van der Waals surface area contributed by atoms with Gasteiger partial charge in [-0.05, 0) is 25.0 Å². The van der Waals surface area contributed by atoms with Gasteiger partial charge in [0.1, 0.15) is 11.5 Å². The molecule has 0 saturated heterocycles. The number of ether oxygens (including phenoxy) is 3. The fourth-order valence-corrected chi connectivity index (χ4v) is 2.82. The van der Waals surface area contributed by atoms with Crippen LogP contribution in [0.5, 0.6) is 11.5 Å². The Balaban J connectivity index is 0.00000338. The molecule has 0 aromatic heterocycles. The predicted molar refractivity (Wildman–Crippen MR) is 116 cm³/mol. The van der Waals surface area contributed by atoms with Crippen LogP contribution >= 0.6 is 24.0 Å². The van der Waals surface area contributed by atoms with E-state index in [0.717, 1.165) is 55.6 Å². The minimum Gasteiger partial charge on any atom is -0.497 e. The van der Waals surface area contributed by atoms with Crippen LogP contribution < -0.4 is 14.8 Å². The highest BCUT2D eigenvalue weighted by Gasteiger charge is 2.11. The Morgan fingerprint density at radius 2 is 2.12 bits per heavy atom. The van der Waals surface area contributed by atoms with Crippen LogP contribution in [0.4, 0.5) is 0 Å². The van der Waals surface area contributed by atoms with Gasteiger partial charge in [0.25, 0.3) is 0 Å². The monoisotopic (exact) mass is 475 g/mol. The van der Waals surface area contributed by atoms with Crippen LogP contribution in [-0.4, -0.2) is 58.9 Å². The van der Waals surface area contributed by atoms with Crippen LogP contribution in [0, 0.1) is 0 Å². The standard InChI is InChI=1S/C19H29N3O3.HI/c1-20-19(21-10-7-15-8-11-25-12-9-15)22(2)14-16-5-6-17(23-3)13-18(16)24-4;/h5-6,8,13H,7,9-12,14H2,1-4H3,(H,20,21);1H. The Labute approximate surface area is 173 Å². The molecule has 0 saturated carbocycles. The summed E-state index contributed by atoms with van der Waals surface area (Å²) in [6.45, 7) is 3.13. The fraction of sp³-hybridized carbons (Fsp3) is 0.526. The quantitative estimate of drug-likeness (QED) is 0.285. The average molecular weight is 475 g/mol. The van der Waals surface area contributed by atoms with Gasteiger partial charge in [-0.15, -0.1) is 24.0 Å². The Morgan fingerprint density at radius 1 is 1.31 bits per heavy atom. The van der Waals surface area contributed by atoms with Gasteiger partial charge in [0.2, 0.25) is 0 Å². The first-order valence-electron chi connectivity index (χ1n) is 8.56. The fourth-order valence-electron chi connectivity index (χ4n) is 2.82. The van der Waals surface area contributed by atoms with E-state index in [0.29, 0.717) is 6.54 Å². The summed E-state index contributed by atoms with van der Waals surface area (Å²) < 4.78 is 16.1. The smallest absolute Gasteiger partial charge is 0.193 e. The minimum atomic E-state index is 0. The van der Waals surface area contributed by atoms with Gasteiger partial charge in [-0.3, -0.25) is 4.99 Å². The predicted octanol–water partition coefficient (Wildman–Crippen LogP) is 3.07. The van der Waals surface area contributed by atoms with Gasteiger partial charge in [-0.2, -0.15) is 0 Å². The van der Waals surface area contributed by atoms with E-state index in [9.17, 15) is 0 Å². The zero-order chi connectivity index (χ0) is 18.1. The van der Waals surface area contributed by atoms with Crippen molar-refractivity contribution in [1.82, 2.24) is 10.2 Å². The Morgan fingerprint density at radius 3 is 2.73 bits per heavy atom. The van der Waals surface area contributed by atoms with Gasteiger partial charge in [0, 0.05) is 38.8 Å². The molecule has 146 valence electrons. The lowest BCUT2D eigenvalue weighted by Crippen LogP contribution is -2.39. The largest absolute Gasteiger partial charge is 0.497 e. The van der Waals surface area contributed by atoms with Crippen LogP contribution in [0.2, 0.25) is 0 Å². The molecule has 1 aromatic rings. The third-order valence-corrected chi connectivity index (χ3v) is 4.26. The topological polar surface area (TPSA) is 55.3 Å². The molecule has 1 N–H and O–H groups in total. The van der Waals surface area contributed by atoms with Crippen molar-refractivity contribution in [3.05, 3.63) is 35.4 Å². The summed E-state index contributed by atoms with van der Waals surface area (Å²) in [5.41, 5.74) is 2.54. The first-order valence-corrected chi connectivity index (χ1v) is 8.56. The van der Waals surface area contributed by atoms with Crippen molar-refractivity contribution >= 4 is 29.9 Å². The summed E-state index contributed by atoms with van der Waals surface area (Å²) in [5, 5.41) is 3.43. The molecule has 0 bridgehead atoms. The van der Waals surface area contributed by atoms with Crippen molar-refractivity contribution in [2.45, 2.75) is 19.4 Å². The van der Waals surface area contributed by atoms with Gasteiger partial charge in [-0.25, -0.2) is 0 Å². The third kappa shape index (κ3) is 6.68. The van der Waals surface area contributed by atoms with E-state index in [-0.39, 0.29) is 24.0 Å². The zero-order valence-electron chi connectivity index (χ0n) is 16.1. The first-order chi connectivity index (χ1) is 12.2. The van der Waals surface area contributed by atoms with E-state index in [1.165, 1.54) is 5.57 Å². The number of nitrogens with zero attached hydrogens (tertiary/aromatic N) is 2. The van der Waals surface area contributed by atoms with Gasteiger partial charge >= 0.3 is 0 Å². The molecule has 1 heterocycles. The van der Waals surface area contributed by atoms with Gasteiger partial charge in [0.15, 0.2) is 5.96 Å². The summed E-state index contributed by atoms with van der Waals surface area (Å²) in [5.74, 6) is 2.47. The molecule has 26 heavy (non-hydrogen) atoms. The molecule has 0 atom stereocenters. The maximum Gasteiger partial charge on any atom is 0.193 e. The van der Waals surface area contributed by atoms with Crippen molar-refractivity contribution in [3.8, 4) is 11.5 Å². The molecule has 0 radical (unpaired) electrons. The zero-order valence-corrected chi connectivity index (χ0v) is 18.4. The molecule has 1 aliphatic heterocycles. The van der Waals surface area contributed by atoms with E-state index in [2.05, 4.69) is 21.3 Å². The molecule has 0 aliphatic carbocycles. The van der Waals surface area contributed by atoms with Gasteiger partial charge in [-0.1, -0.05) is 11.6 Å². The second-order valence-electron chi connectivity index (χ2n) is 5.95. The Hall–Kier alpha value is -1.48. The molecule has 0 fully saturated rings. The Bertz CT molecular complexity index is 620. The number of halogens is 1. The first kappa shape index (κ1) is 22.6. The highest BCUT2D eigenvalue weighted by molar-refractivity contribution is 14.0. The number of nitrogens with one attached hydrogen (secondary N) is 1. The van der Waals surface area contributed by atoms with Crippen LogP contribution in [-0.2, 0) is 11.3 Å². The molecule has 2 rings (SSSR count). The lowest BCUT2D eigenvalue weighted by atomic mass is 10.1. The number of aliphatic imine (C=N–C) groups is 1. The number of guanidine groups is 1. The Kier molecular flexibility index (Phi) is 10.4. The third-order valence-electron chi connectivity index (χ3n) is 4.26. The minimum absolute atomic E-state index is 0. The number of rotatable bonds is 7. The number of methoxy groups -OCH3 is 2. The maximum absolute atomic E-state index is 5.48. The number of hydrogen-bond acceptors (Lipinski definition) is 4. The van der Waals surface area contributed by atoms with E-state index < -0.39 is 0 Å². The van der Waals surface area contributed by atoms with E-state index in [1.807, 2.05) is 25.2 Å². The maximum atomic E-state index is 5.48. The average Bonchev–Trinajstić information content (AvgIpc) is 2.66. The molecule has 0 spiro atoms. The van der Waals surface area contributed by atoms with Crippen molar-refractivity contribution < 1.29 is 14.2 Å². The number of hydrogen-bond donors (Lipinski definition) is 1. The normalized spacial score (nSPS) is 14.2. The van der Waals surface area contributed by atoms with Gasteiger partial charge < -0.3 is 24.4 Å². The van der Waals surface area contributed by atoms with E-state index in [4.69, 9.17) is 14.2 Å².